The molecule has 5 nitrogen and oxygen atoms in total. The van der Waals surface area contributed by atoms with Gasteiger partial charge in [-0.1, -0.05) is 53.7 Å². The SMILES string of the molecule is CCOc1ccc2ccccc2c1C=NOCC(=O)Nc1ccccc1. The number of nitrogens with one attached hydrogen (secondary N) is 1. The number of hydrogen-bond acceptors (Lipinski definition) is 4. The van der Waals surface area contributed by atoms with Gasteiger partial charge in [-0.05, 0) is 35.9 Å². The van der Waals surface area contributed by atoms with Gasteiger partial charge in [-0.2, -0.15) is 0 Å². The predicted octanol–water partition coefficient (Wildman–Crippen LogP) is 4.23. The molecule has 0 saturated carbocycles. The first kappa shape index (κ1) is 17.5. The van der Waals surface area contributed by atoms with Crippen molar-refractivity contribution in [1.29, 1.82) is 0 Å². The normalized spacial score (nSPS) is 10.8. The van der Waals surface area contributed by atoms with Gasteiger partial charge in [0.25, 0.3) is 5.91 Å². The van der Waals surface area contributed by atoms with Crippen LogP contribution in [0.15, 0.2) is 71.9 Å². The van der Waals surface area contributed by atoms with Gasteiger partial charge >= 0.3 is 0 Å². The molecule has 3 aromatic rings. The van der Waals surface area contributed by atoms with Crippen molar-refractivity contribution in [1.82, 2.24) is 0 Å². The maximum Gasteiger partial charge on any atom is 0.265 e. The van der Waals surface area contributed by atoms with Crippen molar-refractivity contribution < 1.29 is 14.4 Å². The van der Waals surface area contributed by atoms with Crippen molar-refractivity contribution in [3.05, 3.63) is 72.3 Å². The number of amides is 1. The fraction of sp³-hybridized carbons (Fsp3) is 0.143. The third-order valence-corrected chi connectivity index (χ3v) is 3.74. The van der Waals surface area contributed by atoms with Crippen molar-refractivity contribution in [3.63, 3.8) is 0 Å². The molecule has 0 aromatic heterocycles. The van der Waals surface area contributed by atoms with Crippen LogP contribution in [0.25, 0.3) is 10.8 Å². The third-order valence-electron chi connectivity index (χ3n) is 3.74. The number of para-hydroxylation sites is 1. The summed E-state index contributed by atoms with van der Waals surface area (Å²) < 4.78 is 5.68. The van der Waals surface area contributed by atoms with Crippen molar-refractivity contribution >= 4 is 28.6 Å². The Bertz CT molecular complexity index is 908. The fourth-order valence-corrected chi connectivity index (χ4v) is 2.59. The number of fused-ring (bicyclic) bond motifs is 1. The maximum atomic E-state index is 11.9. The van der Waals surface area contributed by atoms with Crippen molar-refractivity contribution in [2.24, 2.45) is 5.16 Å². The first-order valence-electron chi connectivity index (χ1n) is 8.42. The summed E-state index contributed by atoms with van der Waals surface area (Å²) in [5, 5.41) is 8.79. The lowest BCUT2D eigenvalue weighted by molar-refractivity contribution is -0.120. The highest BCUT2D eigenvalue weighted by atomic mass is 16.6. The molecule has 0 aliphatic rings. The minimum Gasteiger partial charge on any atom is -0.493 e. The third kappa shape index (κ3) is 4.39. The highest BCUT2D eigenvalue weighted by Gasteiger charge is 2.07. The lowest BCUT2D eigenvalue weighted by Crippen LogP contribution is -2.16. The molecular formula is C21H20N2O3. The Balaban J connectivity index is 1.68. The molecule has 3 aromatic carbocycles. The summed E-state index contributed by atoms with van der Waals surface area (Å²) in [4.78, 5) is 17.0. The number of benzene rings is 3. The van der Waals surface area contributed by atoms with Crippen LogP contribution in [0.1, 0.15) is 12.5 Å². The number of rotatable bonds is 7. The summed E-state index contributed by atoms with van der Waals surface area (Å²) in [6, 6.07) is 21.1. The highest BCUT2D eigenvalue weighted by molar-refractivity contribution is 6.02. The van der Waals surface area contributed by atoms with Crippen LogP contribution in [0.2, 0.25) is 0 Å². The van der Waals surface area contributed by atoms with Gasteiger partial charge in [0.05, 0.1) is 12.8 Å². The van der Waals surface area contributed by atoms with Gasteiger partial charge in [0, 0.05) is 11.3 Å². The molecule has 0 saturated heterocycles. The van der Waals surface area contributed by atoms with E-state index in [0.29, 0.717) is 6.61 Å². The quantitative estimate of drug-likeness (QED) is 0.513. The van der Waals surface area contributed by atoms with Gasteiger partial charge in [0.1, 0.15) is 5.75 Å². The number of ether oxygens (including phenoxy) is 1. The highest BCUT2D eigenvalue weighted by Crippen LogP contribution is 2.26. The Morgan fingerprint density at radius 2 is 1.81 bits per heavy atom. The molecule has 1 N–H and O–H groups in total. The monoisotopic (exact) mass is 348 g/mol. The molecule has 0 aliphatic carbocycles. The number of oxime groups is 1. The molecule has 132 valence electrons. The van der Waals surface area contributed by atoms with E-state index in [4.69, 9.17) is 9.57 Å². The van der Waals surface area contributed by atoms with E-state index in [0.717, 1.165) is 27.8 Å². The Labute approximate surface area is 152 Å². The zero-order chi connectivity index (χ0) is 18.2. The minimum atomic E-state index is -0.267. The van der Waals surface area contributed by atoms with E-state index in [1.807, 2.05) is 73.7 Å². The second-order valence-corrected chi connectivity index (χ2v) is 5.55. The van der Waals surface area contributed by atoms with Gasteiger partial charge in [0.2, 0.25) is 0 Å². The average Bonchev–Trinajstić information content (AvgIpc) is 2.67. The topological polar surface area (TPSA) is 59.9 Å². The Morgan fingerprint density at radius 3 is 2.62 bits per heavy atom. The molecule has 5 heteroatoms. The van der Waals surface area contributed by atoms with Crippen LogP contribution in [0.5, 0.6) is 5.75 Å². The Morgan fingerprint density at radius 1 is 1.04 bits per heavy atom. The second-order valence-electron chi connectivity index (χ2n) is 5.55. The lowest BCUT2D eigenvalue weighted by atomic mass is 10.0. The van der Waals surface area contributed by atoms with Gasteiger partial charge < -0.3 is 14.9 Å². The summed E-state index contributed by atoms with van der Waals surface area (Å²) >= 11 is 0. The standard InChI is InChI=1S/C21H20N2O3/c1-2-25-20-13-12-16-8-6-7-11-18(16)19(20)14-22-26-15-21(24)23-17-9-4-3-5-10-17/h3-14H,2,15H2,1H3,(H,23,24). The minimum absolute atomic E-state index is 0.167. The molecule has 0 heterocycles. The molecule has 3 rings (SSSR count). The van der Waals surface area contributed by atoms with E-state index in [1.54, 1.807) is 6.21 Å². The van der Waals surface area contributed by atoms with E-state index < -0.39 is 0 Å². The number of carbonyl (C=O) groups excluding carboxylic acids is 1. The lowest BCUT2D eigenvalue weighted by Gasteiger charge is -2.10. The number of carbonyl (C=O) groups is 1. The van der Waals surface area contributed by atoms with Crippen LogP contribution in [0.4, 0.5) is 5.69 Å². The van der Waals surface area contributed by atoms with E-state index >= 15 is 0 Å². The van der Waals surface area contributed by atoms with Crippen molar-refractivity contribution in [2.75, 3.05) is 18.5 Å². The van der Waals surface area contributed by atoms with Crippen molar-refractivity contribution in [3.8, 4) is 5.75 Å². The van der Waals surface area contributed by atoms with E-state index in [1.165, 1.54) is 0 Å². The molecule has 0 aliphatic heterocycles. The second kappa shape index (κ2) is 8.67. The van der Waals surface area contributed by atoms with E-state index in [9.17, 15) is 4.79 Å². The first-order chi connectivity index (χ1) is 12.8. The number of hydrogen-bond donors (Lipinski definition) is 1. The Kier molecular flexibility index (Phi) is 5.83. The Hall–Kier alpha value is -3.34. The molecule has 26 heavy (non-hydrogen) atoms. The molecule has 0 atom stereocenters. The molecule has 0 bridgehead atoms. The van der Waals surface area contributed by atoms with Crippen LogP contribution in [0.3, 0.4) is 0 Å². The zero-order valence-corrected chi connectivity index (χ0v) is 14.5. The van der Waals surface area contributed by atoms with Crippen LogP contribution < -0.4 is 10.1 Å². The summed E-state index contributed by atoms with van der Waals surface area (Å²) in [5.74, 6) is 0.462. The zero-order valence-electron chi connectivity index (χ0n) is 14.5. The number of anilines is 1. The van der Waals surface area contributed by atoms with Crippen LogP contribution >= 0.6 is 0 Å². The largest absolute Gasteiger partial charge is 0.493 e. The van der Waals surface area contributed by atoms with Crippen LogP contribution in [0, 0.1) is 0 Å². The van der Waals surface area contributed by atoms with Crippen molar-refractivity contribution in [2.45, 2.75) is 6.92 Å². The summed E-state index contributed by atoms with van der Waals surface area (Å²) in [6.07, 6.45) is 1.59. The number of nitrogens with zero attached hydrogens (tertiary/aromatic N) is 1. The maximum absolute atomic E-state index is 11.9. The predicted molar refractivity (Wildman–Crippen MR) is 104 cm³/mol. The molecule has 0 fully saturated rings. The fourth-order valence-electron chi connectivity index (χ4n) is 2.59. The molecule has 0 radical (unpaired) electrons. The van der Waals surface area contributed by atoms with Gasteiger partial charge in [-0.3, -0.25) is 4.79 Å². The first-order valence-corrected chi connectivity index (χ1v) is 8.42. The van der Waals surface area contributed by atoms with E-state index in [-0.39, 0.29) is 12.5 Å². The molecular weight excluding hydrogens is 328 g/mol. The molecule has 1 amide bonds. The van der Waals surface area contributed by atoms with Crippen LogP contribution in [-0.4, -0.2) is 25.3 Å². The van der Waals surface area contributed by atoms with Gasteiger partial charge in [-0.15, -0.1) is 0 Å². The smallest absolute Gasteiger partial charge is 0.265 e. The van der Waals surface area contributed by atoms with Gasteiger partial charge in [0.15, 0.2) is 6.61 Å². The molecule has 0 spiro atoms. The summed E-state index contributed by atoms with van der Waals surface area (Å²) in [6.45, 7) is 2.32. The van der Waals surface area contributed by atoms with Gasteiger partial charge in [-0.25, -0.2) is 0 Å². The van der Waals surface area contributed by atoms with E-state index in [2.05, 4.69) is 10.5 Å². The molecule has 0 unspecified atom stereocenters. The average molecular weight is 348 g/mol. The van der Waals surface area contributed by atoms with Crippen LogP contribution in [-0.2, 0) is 9.63 Å². The summed E-state index contributed by atoms with van der Waals surface area (Å²) in [5.41, 5.74) is 1.55. The summed E-state index contributed by atoms with van der Waals surface area (Å²) in [7, 11) is 0.